The Bertz CT molecular complexity index is 2080. The molecule has 11 nitrogen and oxygen atoms in total. The summed E-state index contributed by atoms with van der Waals surface area (Å²) in [5.41, 5.74) is 5.17. The minimum absolute atomic E-state index is 0.107. The molecule has 0 saturated heterocycles. The van der Waals surface area contributed by atoms with Crippen molar-refractivity contribution in [1.29, 1.82) is 0 Å². The monoisotopic (exact) mass is 719 g/mol. The summed E-state index contributed by atoms with van der Waals surface area (Å²) in [5, 5.41) is 0.648. The zero-order valence-electron chi connectivity index (χ0n) is 32.1. The third kappa shape index (κ3) is 8.15. The van der Waals surface area contributed by atoms with Gasteiger partial charge >= 0.3 is 6.09 Å². The lowest BCUT2D eigenvalue weighted by atomic mass is 9.88. The van der Waals surface area contributed by atoms with Gasteiger partial charge in [0.15, 0.2) is 0 Å². The van der Waals surface area contributed by atoms with Crippen LogP contribution in [-0.4, -0.2) is 67.2 Å². The topological polar surface area (TPSA) is 108 Å². The summed E-state index contributed by atoms with van der Waals surface area (Å²) >= 11 is 0. The molecule has 0 radical (unpaired) electrons. The van der Waals surface area contributed by atoms with Gasteiger partial charge in [-0.05, 0) is 82.9 Å². The van der Waals surface area contributed by atoms with Crippen LogP contribution in [0.25, 0.3) is 22.2 Å². The molecule has 1 amide bonds. The maximum Gasteiger partial charge on any atom is 0.416 e. The first kappa shape index (κ1) is 37.3. The Morgan fingerprint density at radius 3 is 2.34 bits per heavy atom. The van der Waals surface area contributed by atoms with Crippen LogP contribution in [-0.2, 0) is 22.6 Å². The molecule has 1 saturated carbocycles. The summed E-state index contributed by atoms with van der Waals surface area (Å²) in [5.74, 6) is 3.06. The lowest BCUT2D eigenvalue weighted by Gasteiger charge is -2.41. The highest BCUT2D eigenvalue weighted by molar-refractivity contribution is 6.04. The number of rotatable bonds is 12. The summed E-state index contributed by atoms with van der Waals surface area (Å²) in [6, 6.07) is 21.8. The quantitative estimate of drug-likeness (QED) is 0.125. The van der Waals surface area contributed by atoms with Crippen molar-refractivity contribution in [2.24, 2.45) is 0 Å². The van der Waals surface area contributed by atoms with Crippen LogP contribution in [0.1, 0.15) is 55.9 Å². The van der Waals surface area contributed by atoms with Gasteiger partial charge in [-0.3, -0.25) is 4.90 Å². The van der Waals surface area contributed by atoms with Gasteiger partial charge in [-0.1, -0.05) is 36.4 Å². The van der Waals surface area contributed by atoms with E-state index < -0.39 is 11.7 Å². The van der Waals surface area contributed by atoms with E-state index in [0.717, 1.165) is 52.2 Å². The van der Waals surface area contributed by atoms with Gasteiger partial charge in [0.05, 0.1) is 32.6 Å². The van der Waals surface area contributed by atoms with Crippen molar-refractivity contribution in [3.8, 4) is 28.5 Å². The molecule has 1 aliphatic carbocycles. The van der Waals surface area contributed by atoms with E-state index in [0.29, 0.717) is 40.5 Å². The Morgan fingerprint density at radius 2 is 1.66 bits per heavy atom. The van der Waals surface area contributed by atoms with Crippen LogP contribution in [0.4, 0.5) is 16.4 Å². The fourth-order valence-corrected chi connectivity index (χ4v) is 6.62. The van der Waals surface area contributed by atoms with Gasteiger partial charge < -0.3 is 28.6 Å². The molecule has 2 aromatic heterocycles. The number of methoxy groups -OCH3 is 3. The number of nitrogens with zero attached hydrogens (tertiary/aromatic N) is 5. The van der Waals surface area contributed by atoms with Gasteiger partial charge in [0, 0.05) is 48.3 Å². The van der Waals surface area contributed by atoms with Crippen molar-refractivity contribution in [2.45, 2.75) is 78.4 Å². The Morgan fingerprint density at radius 1 is 0.906 bits per heavy atom. The number of carbonyl (C=O) groups excluding carboxylic acids is 1. The Balaban J connectivity index is 1.54. The predicted octanol–water partition coefficient (Wildman–Crippen LogP) is 8.46. The lowest BCUT2D eigenvalue weighted by Crippen LogP contribution is -2.46. The molecule has 0 N–H and O–H groups in total. The van der Waals surface area contributed by atoms with E-state index in [4.69, 9.17) is 38.6 Å². The fourth-order valence-electron chi connectivity index (χ4n) is 6.62. The highest BCUT2D eigenvalue weighted by Gasteiger charge is 2.34. The summed E-state index contributed by atoms with van der Waals surface area (Å²) in [6.07, 6.45) is 2.87. The van der Waals surface area contributed by atoms with Gasteiger partial charge in [-0.2, -0.15) is 0 Å². The van der Waals surface area contributed by atoms with Crippen molar-refractivity contribution < 1.29 is 28.5 Å². The molecule has 1 aliphatic rings. The first-order valence-electron chi connectivity index (χ1n) is 17.8. The molecule has 0 bridgehead atoms. The number of pyridine rings is 1. The smallest absolute Gasteiger partial charge is 0.416 e. The molecule has 278 valence electrons. The molecule has 0 atom stereocenters. The lowest BCUT2D eigenvalue weighted by molar-refractivity contribution is 0.0264. The molecule has 0 unspecified atom stereocenters. The number of hydrogen-bond donors (Lipinski definition) is 0. The van der Waals surface area contributed by atoms with Crippen molar-refractivity contribution in [3.05, 3.63) is 95.3 Å². The van der Waals surface area contributed by atoms with Crippen LogP contribution in [0.3, 0.4) is 0 Å². The summed E-state index contributed by atoms with van der Waals surface area (Å²) < 4.78 is 29.2. The largest absolute Gasteiger partial charge is 0.497 e. The molecular formula is C42H49N5O6. The van der Waals surface area contributed by atoms with Crippen molar-refractivity contribution >= 4 is 28.6 Å². The van der Waals surface area contributed by atoms with Crippen LogP contribution >= 0.6 is 0 Å². The number of hydrogen-bond acceptors (Lipinski definition) is 10. The van der Waals surface area contributed by atoms with Gasteiger partial charge in [-0.15, -0.1) is 0 Å². The maximum absolute atomic E-state index is 14.2. The van der Waals surface area contributed by atoms with Crippen molar-refractivity contribution in [3.63, 3.8) is 0 Å². The minimum atomic E-state index is -0.767. The molecule has 2 heterocycles. The van der Waals surface area contributed by atoms with E-state index in [1.807, 2.05) is 95.4 Å². The summed E-state index contributed by atoms with van der Waals surface area (Å²) in [6.45, 7) is 10.2. The van der Waals surface area contributed by atoms with Crippen LogP contribution < -0.4 is 24.0 Å². The van der Waals surface area contributed by atoms with Crippen molar-refractivity contribution in [1.82, 2.24) is 15.0 Å². The number of aromatic nitrogens is 3. The van der Waals surface area contributed by atoms with E-state index in [2.05, 4.69) is 11.8 Å². The van der Waals surface area contributed by atoms with E-state index in [1.165, 1.54) is 11.2 Å². The predicted molar refractivity (Wildman–Crippen MR) is 207 cm³/mol. The number of anilines is 2. The first-order chi connectivity index (χ1) is 25.4. The van der Waals surface area contributed by atoms with E-state index in [9.17, 15) is 4.79 Å². The molecule has 1 fully saturated rings. The normalized spacial score (nSPS) is 15.4. The number of fused-ring (bicyclic) bond motifs is 1. The molecule has 5 aromatic rings. The molecule has 0 spiro atoms. The molecule has 11 heteroatoms. The number of amides is 1. The maximum atomic E-state index is 14.2. The second-order valence-electron chi connectivity index (χ2n) is 14.4. The molecule has 0 aliphatic heterocycles. The average Bonchev–Trinajstić information content (AvgIpc) is 3.12. The third-order valence-electron chi connectivity index (χ3n) is 9.69. The first-order valence-corrected chi connectivity index (χ1v) is 17.8. The number of carbonyl (C=O) groups is 1. The minimum Gasteiger partial charge on any atom is -0.497 e. The second-order valence-corrected chi connectivity index (χ2v) is 14.4. The number of aryl methyl sites for hydroxylation is 1. The van der Waals surface area contributed by atoms with E-state index in [1.54, 1.807) is 27.4 Å². The zero-order valence-corrected chi connectivity index (χ0v) is 32.1. The summed E-state index contributed by atoms with van der Waals surface area (Å²) in [7, 11) is 6.98. The van der Waals surface area contributed by atoms with Crippen LogP contribution in [0, 0.1) is 13.8 Å². The van der Waals surface area contributed by atoms with E-state index in [-0.39, 0.29) is 18.7 Å². The highest BCUT2D eigenvalue weighted by Crippen LogP contribution is 2.41. The Kier molecular flexibility index (Phi) is 11.0. The highest BCUT2D eigenvalue weighted by atomic mass is 16.6. The van der Waals surface area contributed by atoms with Crippen LogP contribution in [0.5, 0.6) is 17.2 Å². The average molecular weight is 720 g/mol. The molecule has 3 aromatic carbocycles. The van der Waals surface area contributed by atoms with Crippen LogP contribution in [0.15, 0.2) is 73.1 Å². The fraction of sp³-hybridized carbons (Fsp3) is 0.381. The standard InChI is InChI=1S/C42H49N5O6/c1-26-15-18-34(52-24-28-13-11-10-12-14-28)27(2)37(26)39-38-33(22-36(45-39)46(6)30-19-32(20-30)50-8)40(44-25-43-38)47(41(48)53-42(3,4)5)23-29-16-17-31(49-7)21-35(29)51-9/h10-18,21-22,25,30,32H,19-20,23-24H2,1-9H3. The third-order valence-corrected chi connectivity index (χ3v) is 9.69. The van der Waals surface area contributed by atoms with Crippen molar-refractivity contribution in [2.75, 3.05) is 38.2 Å². The van der Waals surface area contributed by atoms with Gasteiger partial charge in [0.25, 0.3) is 0 Å². The summed E-state index contributed by atoms with van der Waals surface area (Å²) in [4.78, 5) is 32.8. The van der Waals surface area contributed by atoms with Gasteiger partial charge in [0.1, 0.15) is 52.9 Å². The van der Waals surface area contributed by atoms with E-state index >= 15 is 0 Å². The second kappa shape index (κ2) is 15.7. The molecule has 6 rings (SSSR count). The van der Waals surface area contributed by atoms with Gasteiger partial charge in [-0.25, -0.2) is 19.7 Å². The molecular weight excluding hydrogens is 670 g/mol. The van der Waals surface area contributed by atoms with Gasteiger partial charge in [0.2, 0.25) is 0 Å². The zero-order chi connectivity index (χ0) is 37.9. The van der Waals surface area contributed by atoms with Crippen LogP contribution in [0.2, 0.25) is 0 Å². The Hall–Kier alpha value is -5.42. The SMILES string of the molecule is COc1ccc(CN(C(=O)OC(C)(C)C)c2ncnc3c(-c4c(C)ccc(OCc5ccccc5)c4C)nc(N(C)C4CC(OC)C4)cc23)c(OC)c1. The molecule has 53 heavy (non-hydrogen) atoms. The number of benzene rings is 3. The Labute approximate surface area is 311 Å². The number of ether oxygens (including phenoxy) is 5.